The van der Waals surface area contributed by atoms with E-state index in [4.69, 9.17) is 27.9 Å². The average molecular weight is 290 g/mol. The van der Waals surface area contributed by atoms with E-state index in [1.54, 1.807) is 19.2 Å². The molecule has 3 nitrogen and oxygen atoms in total. The summed E-state index contributed by atoms with van der Waals surface area (Å²) in [4.78, 5) is 13.2. The van der Waals surface area contributed by atoms with Crippen molar-refractivity contribution in [3.05, 3.63) is 33.8 Å². The Labute approximate surface area is 118 Å². The summed E-state index contributed by atoms with van der Waals surface area (Å²) in [5, 5.41) is 0.946. The summed E-state index contributed by atoms with van der Waals surface area (Å²) in [7, 11) is 1.66. The maximum Gasteiger partial charge on any atom is 0.410 e. The lowest BCUT2D eigenvalue weighted by atomic mass is 10.2. The molecule has 0 bridgehead atoms. The summed E-state index contributed by atoms with van der Waals surface area (Å²) in [5.74, 6) is 0. The molecule has 18 heavy (non-hydrogen) atoms. The van der Waals surface area contributed by atoms with Crippen molar-refractivity contribution in [2.45, 2.75) is 32.9 Å². The van der Waals surface area contributed by atoms with Crippen LogP contribution in [0.2, 0.25) is 10.0 Å². The van der Waals surface area contributed by atoms with Crippen molar-refractivity contribution in [2.75, 3.05) is 7.05 Å². The van der Waals surface area contributed by atoms with Gasteiger partial charge in [0.15, 0.2) is 0 Å². The Morgan fingerprint density at radius 3 is 2.50 bits per heavy atom. The van der Waals surface area contributed by atoms with Crippen LogP contribution in [0.3, 0.4) is 0 Å². The predicted molar refractivity (Wildman–Crippen MR) is 74.2 cm³/mol. The number of amides is 1. The van der Waals surface area contributed by atoms with Gasteiger partial charge in [0.25, 0.3) is 0 Å². The van der Waals surface area contributed by atoms with Gasteiger partial charge in [0, 0.05) is 7.05 Å². The SMILES string of the molecule is CN(Cc1cccc(Cl)c1Cl)C(=O)OC(C)(C)C. The van der Waals surface area contributed by atoms with Crippen LogP contribution in [-0.2, 0) is 11.3 Å². The largest absolute Gasteiger partial charge is 0.444 e. The van der Waals surface area contributed by atoms with Gasteiger partial charge in [0.05, 0.1) is 16.6 Å². The number of nitrogens with zero attached hydrogens (tertiary/aromatic N) is 1. The molecule has 1 amide bonds. The number of benzene rings is 1. The van der Waals surface area contributed by atoms with Crippen molar-refractivity contribution in [3.8, 4) is 0 Å². The molecule has 0 saturated carbocycles. The molecule has 0 aliphatic carbocycles. The molecule has 0 N–H and O–H groups in total. The number of hydrogen-bond acceptors (Lipinski definition) is 2. The van der Waals surface area contributed by atoms with Crippen molar-refractivity contribution >= 4 is 29.3 Å². The van der Waals surface area contributed by atoms with E-state index in [0.29, 0.717) is 16.6 Å². The molecule has 1 aromatic carbocycles. The van der Waals surface area contributed by atoms with E-state index in [2.05, 4.69) is 0 Å². The fourth-order valence-electron chi connectivity index (χ4n) is 1.33. The molecule has 0 heterocycles. The molecule has 0 aromatic heterocycles. The van der Waals surface area contributed by atoms with Crippen molar-refractivity contribution in [3.63, 3.8) is 0 Å². The van der Waals surface area contributed by atoms with Gasteiger partial charge in [-0.3, -0.25) is 0 Å². The van der Waals surface area contributed by atoms with Gasteiger partial charge in [-0.05, 0) is 32.4 Å². The first-order chi connectivity index (χ1) is 8.20. The maximum atomic E-state index is 11.8. The fourth-order valence-corrected chi connectivity index (χ4v) is 1.71. The van der Waals surface area contributed by atoms with Crippen LogP contribution in [0.25, 0.3) is 0 Å². The first-order valence-corrected chi connectivity index (χ1v) is 6.33. The van der Waals surface area contributed by atoms with Crippen molar-refractivity contribution in [1.82, 2.24) is 4.90 Å². The van der Waals surface area contributed by atoms with Gasteiger partial charge >= 0.3 is 6.09 Å². The monoisotopic (exact) mass is 289 g/mol. The minimum absolute atomic E-state index is 0.355. The molecule has 0 atom stereocenters. The zero-order valence-corrected chi connectivity index (χ0v) is 12.5. The van der Waals surface area contributed by atoms with Gasteiger partial charge in [0.2, 0.25) is 0 Å². The van der Waals surface area contributed by atoms with E-state index in [1.807, 2.05) is 26.8 Å². The van der Waals surface area contributed by atoms with E-state index in [-0.39, 0.29) is 0 Å². The molecule has 1 aromatic rings. The first kappa shape index (κ1) is 15.1. The summed E-state index contributed by atoms with van der Waals surface area (Å²) in [6, 6.07) is 5.34. The summed E-state index contributed by atoms with van der Waals surface area (Å²) in [6.45, 7) is 5.83. The molecule has 1 rings (SSSR count). The number of carbonyl (C=O) groups is 1. The maximum absolute atomic E-state index is 11.8. The fraction of sp³-hybridized carbons (Fsp3) is 0.462. The third kappa shape index (κ3) is 4.39. The number of ether oxygens (including phenoxy) is 1. The molecule has 0 fully saturated rings. The minimum atomic E-state index is -0.510. The predicted octanol–water partition coefficient (Wildman–Crippen LogP) is 4.36. The smallest absolute Gasteiger partial charge is 0.410 e. The van der Waals surface area contributed by atoms with Crippen LogP contribution in [-0.4, -0.2) is 23.6 Å². The summed E-state index contributed by atoms with van der Waals surface area (Å²) >= 11 is 12.0. The second kappa shape index (κ2) is 5.81. The van der Waals surface area contributed by atoms with Crippen LogP contribution < -0.4 is 0 Å². The van der Waals surface area contributed by atoms with Crippen molar-refractivity contribution in [1.29, 1.82) is 0 Å². The van der Waals surface area contributed by atoms with Crippen LogP contribution in [0, 0.1) is 0 Å². The standard InChI is InChI=1S/C13H17Cl2NO2/c1-13(2,3)18-12(17)16(4)8-9-6-5-7-10(14)11(9)15/h5-7H,8H2,1-4H3. The van der Waals surface area contributed by atoms with Crippen LogP contribution in [0.5, 0.6) is 0 Å². The Balaban J connectivity index is 2.73. The molecule has 0 unspecified atom stereocenters. The van der Waals surface area contributed by atoms with Crippen LogP contribution in [0.4, 0.5) is 4.79 Å². The highest BCUT2D eigenvalue weighted by Crippen LogP contribution is 2.26. The topological polar surface area (TPSA) is 29.5 Å². The van der Waals surface area contributed by atoms with Gasteiger partial charge in [-0.25, -0.2) is 4.79 Å². The summed E-state index contributed by atoms with van der Waals surface area (Å²) < 4.78 is 5.25. The highest BCUT2D eigenvalue weighted by Gasteiger charge is 2.20. The van der Waals surface area contributed by atoms with Crippen molar-refractivity contribution in [2.24, 2.45) is 0 Å². The lowest BCUT2D eigenvalue weighted by Crippen LogP contribution is -2.33. The van der Waals surface area contributed by atoms with Crippen LogP contribution in [0.15, 0.2) is 18.2 Å². The van der Waals surface area contributed by atoms with E-state index >= 15 is 0 Å². The molecule has 100 valence electrons. The number of carbonyl (C=O) groups excluding carboxylic acids is 1. The quantitative estimate of drug-likeness (QED) is 0.810. The van der Waals surface area contributed by atoms with Gasteiger partial charge in [-0.1, -0.05) is 35.3 Å². The molecule has 0 saturated heterocycles. The molecule has 0 aliphatic heterocycles. The Hall–Kier alpha value is -0.930. The zero-order chi connectivity index (χ0) is 13.9. The molecule has 5 heteroatoms. The van der Waals surface area contributed by atoms with Gasteiger partial charge in [-0.2, -0.15) is 0 Å². The normalized spacial score (nSPS) is 11.2. The van der Waals surface area contributed by atoms with E-state index in [9.17, 15) is 4.79 Å². The minimum Gasteiger partial charge on any atom is -0.444 e. The van der Waals surface area contributed by atoms with E-state index in [0.717, 1.165) is 5.56 Å². The van der Waals surface area contributed by atoms with Gasteiger partial charge in [-0.15, -0.1) is 0 Å². The lowest BCUT2D eigenvalue weighted by Gasteiger charge is -2.25. The van der Waals surface area contributed by atoms with Gasteiger partial charge in [0.1, 0.15) is 5.60 Å². The highest BCUT2D eigenvalue weighted by atomic mass is 35.5. The Bertz CT molecular complexity index is 441. The highest BCUT2D eigenvalue weighted by molar-refractivity contribution is 6.42. The molecular formula is C13H17Cl2NO2. The zero-order valence-electron chi connectivity index (χ0n) is 11.0. The summed E-state index contributed by atoms with van der Waals surface area (Å²) in [6.07, 6.45) is -0.390. The Morgan fingerprint density at radius 1 is 1.33 bits per heavy atom. The van der Waals surface area contributed by atoms with Crippen molar-refractivity contribution < 1.29 is 9.53 Å². The number of halogens is 2. The lowest BCUT2D eigenvalue weighted by molar-refractivity contribution is 0.0285. The molecule has 0 radical (unpaired) electrons. The van der Waals surface area contributed by atoms with Crippen LogP contribution in [0.1, 0.15) is 26.3 Å². The van der Waals surface area contributed by atoms with Crippen LogP contribution >= 0.6 is 23.2 Å². The number of rotatable bonds is 2. The Morgan fingerprint density at radius 2 is 1.94 bits per heavy atom. The molecule has 0 aliphatic rings. The second-order valence-corrected chi connectivity index (χ2v) is 5.83. The summed E-state index contributed by atoms with van der Waals surface area (Å²) in [5.41, 5.74) is 0.279. The third-order valence-corrected chi connectivity index (χ3v) is 3.00. The molecular weight excluding hydrogens is 273 g/mol. The van der Waals surface area contributed by atoms with E-state index in [1.165, 1.54) is 4.90 Å². The Kier molecular flexibility index (Phi) is 4.88. The average Bonchev–Trinajstić information content (AvgIpc) is 2.22. The third-order valence-electron chi connectivity index (χ3n) is 2.14. The second-order valence-electron chi connectivity index (χ2n) is 5.05. The number of hydrogen-bond donors (Lipinski definition) is 0. The first-order valence-electron chi connectivity index (χ1n) is 5.57. The van der Waals surface area contributed by atoms with E-state index < -0.39 is 11.7 Å². The van der Waals surface area contributed by atoms with Gasteiger partial charge < -0.3 is 9.64 Å². The molecule has 0 spiro atoms.